The molecule has 304 valence electrons. The number of anilines is 1. The Bertz CT molecular complexity index is 2050. The van der Waals surface area contributed by atoms with Gasteiger partial charge in [0.25, 0.3) is 11.5 Å². The zero-order valence-electron chi connectivity index (χ0n) is 33.4. The van der Waals surface area contributed by atoms with Crippen molar-refractivity contribution in [2.24, 2.45) is 7.05 Å². The monoisotopic (exact) mass is 781 g/mol. The van der Waals surface area contributed by atoms with Gasteiger partial charge >= 0.3 is 6.03 Å². The van der Waals surface area contributed by atoms with Gasteiger partial charge in [0.2, 0.25) is 11.8 Å². The number of unbranched alkanes of at least 4 members (excludes halogenated alkanes) is 5. The van der Waals surface area contributed by atoms with Gasteiger partial charge in [0, 0.05) is 80.3 Å². The summed E-state index contributed by atoms with van der Waals surface area (Å²) >= 11 is 0. The first-order chi connectivity index (χ1) is 27.7. The molecule has 1 aromatic heterocycles. The van der Waals surface area contributed by atoms with Crippen LogP contribution in [0.4, 0.5) is 10.5 Å². The van der Waals surface area contributed by atoms with Crippen LogP contribution < -0.4 is 31.0 Å². The van der Waals surface area contributed by atoms with E-state index in [-0.39, 0.29) is 36.4 Å². The number of likely N-dealkylation sites (tertiary alicyclic amines) is 1. The van der Waals surface area contributed by atoms with Crippen molar-refractivity contribution in [1.29, 1.82) is 0 Å². The normalized spacial score (nSPS) is 17.8. The molecule has 0 spiro atoms. The predicted molar refractivity (Wildman–Crippen MR) is 216 cm³/mol. The first-order valence-corrected chi connectivity index (χ1v) is 20.4. The maximum atomic E-state index is 13.4. The fraction of sp³-hybridized carbons (Fsp3) is 0.512. The van der Waals surface area contributed by atoms with Gasteiger partial charge in [-0.25, -0.2) is 4.79 Å². The van der Waals surface area contributed by atoms with E-state index in [1.165, 1.54) is 6.42 Å². The standard InChI is InChI=1S/C43H55N7O7/c1-47-24-31(28-22-37(56-2)34(38(23-28)57-3)25-48-19-11-20-48)29-16-21-49(26-33(29)41(47)53)43(55)45-18-9-7-5-4-6-8-17-44-35-13-10-12-30-32(35)27-50(42(30)54)36-14-15-39(51)46-40(36)52/h10,12-13,22-24,36,44H,4-9,11,14-21,25-27H2,1-3H3,(H,45,55)(H,46,51,52). The molecule has 0 radical (unpaired) electrons. The molecule has 14 heteroatoms. The van der Waals surface area contributed by atoms with E-state index in [0.717, 1.165) is 110 Å². The van der Waals surface area contributed by atoms with Crippen molar-refractivity contribution in [3.8, 4) is 22.6 Å². The largest absolute Gasteiger partial charge is 0.496 e. The van der Waals surface area contributed by atoms with Crippen LogP contribution in [0.15, 0.2) is 41.3 Å². The number of methoxy groups -OCH3 is 2. The SMILES string of the molecule is COc1cc(-c2cn(C)c(=O)c3c2CCN(C(=O)NCCCCCCCCNc2cccc4c2CN(C2CCC(=O)NC2=O)C4=O)C3)cc(OC)c1CN1CCC1. The number of amides is 5. The first-order valence-electron chi connectivity index (χ1n) is 20.4. The van der Waals surface area contributed by atoms with Crippen LogP contribution in [0.1, 0.15) is 90.4 Å². The molecule has 2 aromatic carbocycles. The summed E-state index contributed by atoms with van der Waals surface area (Å²) in [4.78, 5) is 69.4. The van der Waals surface area contributed by atoms with Gasteiger partial charge in [-0.1, -0.05) is 31.7 Å². The molecule has 57 heavy (non-hydrogen) atoms. The van der Waals surface area contributed by atoms with Crippen LogP contribution in [-0.2, 0) is 42.7 Å². The maximum Gasteiger partial charge on any atom is 0.317 e. The van der Waals surface area contributed by atoms with E-state index in [2.05, 4.69) is 20.9 Å². The number of urea groups is 1. The van der Waals surface area contributed by atoms with Crippen LogP contribution in [0.25, 0.3) is 11.1 Å². The van der Waals surface area contributed by atoms with Crippen molar-refractivity contribution >= 4 is 29.4 Å². The van der Waals surface area contributed by atoms with E-state index in [1.54, 1.807) is 41.7 Å². The zero-order chi connectivity index (χ0) is 40.1. The van der Waals surface area contributed by atoms with E-state index in [9.17, 15) is 24.0 Å². The number of nitrogens with one attached hydrogen (secondary N) is 3. The Hall–Kier alpha value is -5.37. The lowest BCUT2D eigenvalue weighted by Crippen LogP contribution is -2.52. The average Bonchev–Trinajstić information content (AvgIpc) is 3.53. The van der Waals surface area contributed by atoms with Crippen LogP contribution in [0.3, 0.4) is 0 Å². The number of hydrogen-bond acceptors (Lipinski definition) is 9. The van der Waals surface area contributed by atoms with Gasteiger partial charge in [-0.3, -0.25) is 29.4 Å². The highest BCUT2D eigenvalue weighted by molar-refractivity contribution is 6.06. The minimum absolute atomic E-state index is 0.0889. The van der Waals surface area contributed by atoms with Gasteiger partial charge < -0.3 is 34.5 Å². The Kier molecular flexibility index (Phi) is 12.5. The van der Waals surface area contributed by atoms with E-state index >= 15 is 0 Å². The third-order valence-corrected chi connectivity index (χ3v) is 11.9. The van der Waals surface area contributed by atoms with Crippen molar-refractivity contribution in [2.75, 3.05) is 52.3 Å². The Labute approximate surface area is 333 Å². The van der Waals surface area contributed by atoms with Gasteiger partial charge in [-0.15, -0.1) is 0 Å². The molecule has 2 saturated heterocycles. The molecule has 0 saturated carbocycles. The molecular formula is C43H55N7O7. The van der Waals surface area contributed by atoms with Gasteiger partial charge in [0.1, 0.15) is 17.5 Å². The van der Waals surface area contributed by atoms with E-state index in [1.807, 2.05) is 30.5 Å². The highest BCUT2D eigenvalue weighted by Crippen LogP contribution is 2.39. The predicted octanol–water partition coefficient (Wildman–Crippen LogP) is 4.56. The molecule has 0 aliphatic carbocycles. The second-order valence-electron chi connectivity index (χ2n) is 15.6. The van der Waals surface area contributed by atoms with Crippen LogP contribution in [0, 0.1) is 0 Å². The number of aryl methyl sites for hydroxylation is 1. The van der Waals surface area contributed by atoms with Gasteiger partial charge in [0.05, 0.1) is 26.3 Å². The Morgan fingerprint density at radius 3 is 2.25 bits per heavy atom. The number of rotatable bonds is 16. The third-order valence-electron chi connectivity index (χ3n) is 11.9. The number of pyridine rings is 1. The maximum absolute atomic E-state index is 13.4. The van der Waals surface area contributed by atoms with Crippen LogP contribution in [0.5, 0.6) is 11.5 Å². The summed E-state index contributed by atoms with van der Waals surface area (Å²) < 4.78 is 13.3. The van der Waals surface area contributed by atoms with E-state index < -0.39 is 11.9 Å². The van der Waals surface area contributed by atoms with Crippen LogP contribution >= 0.6 is 0 Å². The summed E-state index contributed by atoms with van der Waals surface area (Å²) in [6.45, 7) is 5.38. The summed E-state index contributed by atoms with van der Waals surface area (Å²) in [6.07, 6.45) is 10.3. The van der Waals surface area contributed by atoms with Crippen LogP contribution in [0.2, 0.25) is 0 Å². The summed E-state index contributed by atoms with van der Waals surface area (Å²) in [5, 5.41) is 8.92. The molecule has 4 aliphatic rings. The van der Waals surface area contributed by atoms with Crippen molar-refractivity contribution in [3.05, 3.63) is 74.7 Å². The molecule has 3 aromatic rings. The van der Waals surface area contributed by atoms with Crippen molar-refractivity contribution in [2.45, 2.75) is 89.9 Å². The molecule has 5 heterocycles. The first kappa shape index (κ1) is 39.8. The van der Waals surface area contributed by atoms with Gasteiger partial charge in [-0.05, 0) is 80.6 Å². The lowest BCUT2D eigenvalue weighted by Gasteiger charge is -2.32. The molecule has 4 aliphatic heterocycles. The second kappa shape index (κ2) is 17.8. The van der Waals surface area contributed by atoms with E-state index in [0.29, 0.717) is 43.6 Å². The minimum atomic E-state index is -0.624. The molecule has 1 unspecified atom stereocenters. The number of carbonyl (C=O) groups excluding carboxylic acids is 4. The quantitative estimate of drug-likeness (QED) is 0.140. The minimum Gasteiger partial charge on any atom is -0.496 e. The number of imide groups is 1. The van der Waals surface area contributed by atoms with Crippen molar-refractivity contribution < 1.29 is 28.7 Å². The fourth-order valence-corrected chi connectivity index (χ4v) is 8.52. The number of hydrogen-bond donors (Lipinski definition) is 3. The summed E-state index contributed by atoms with van der Waals surface area (Å²) in [6, 6.07) is 8.93. The van der Waals surface area contributed by atoms with Crippen LogP contribution in [-0.4, -0.2) is 96.0 Å². The molecule has 3 N–H and O–H groups in total. The second-order valence-corrected chi connectivity index (χ2v) is 15.6. The number of aromatic nitrogens is 1. The molecule has 1 atom stereocenters. The summed E-state index contributed by atoms with van der Waals surface area (Å²) in [5.74, 6) is 0.664. The Morgan fingerprint density at radius 2 is 1.56 bits per heavy atom. The zero-order valence-corrected chi connectivity index (χ0v) is 33.4. The lowest BCUT2D eigenvalue weighted by atomic mass is 9.91. The highest BCUT2D eigenvalue weighted by atomic mass is 16.5. The number of fused-ring (bicyclic) bond motifs is 2. The average molecular weight is 782 g/mol. The third kappa shape index (κ3) is 8.65. The fourth-order valence-electron chi connectivity index (χ4n) is 8.52. The van der Waals surface area contributed by atoms with E-state index in [4.69, 9.17) is 9.47 Å². The number of benzene rings is 2. The smallest absolute Gasteiger partial charge is 0.317 e. The molecular weight excluding hydrogens is 727 g/mol. The summed E-state index contributed by atoms with van der Waals surface area (Å²) in [5.41, 5.74) is 6.84. The van der Waals surface area contributed by atoms with Gasteiger partial charge in [-0.2, -0.15) is 0 Å². The van der Waals surface area contributed by atoms with Crippen molar-refractivity contribution in [3.63, 3.8) is 0 Å². The molecule has 5 amide bonds. The molecule has 2 fully saturated rings. The number of ether oxygens (including phenoxy) is 2. The Balaban J connectivity index is 0.835. The molecule has 7 rings (SSSR count). The molecule has 14 nitrogen and oxygen atoms in total. The Morgan fingerprint density at radius 1 is 0.842 bits per heavy atom. The van der Waals surface area contributed by atoms with Crippen molar-refractivity contribution in [1.82, 2.24) is 29.9 Å². The highest BCUT2D eigenvalue weighted by Gasteiger charge is 2.40. The lowest BCUT2D eigenvalue weighted by molar-refractivity contribution is -0.136. The summed E-state index contributed by atoms with van der Waals surface area (Å²) in [7, 11) is 5.11. The number of nitrogens with zero attached hydrogens (tertiary/aromatic N) is 4. The topological polar surface area (TPSA) is 155 Å². The number of piperidine rings is 1. The molecule has 0 bridgehead atoms. The van der Waals surface area contributed by atoms with Gasteiger partial charge in [0.15, 0.2) is 0 Å². The number of carbonyl (C=O) groups is 4.